The molecule has 1 rings (SSSR count). The van der Waals surface area contributed by atoms with Gasteiger partial charge in [-0.05, 0) is 36.5 Å². The topological polar surface area (TPSA) is 58.6 Å². The van der Waals surface area contributed by atoms with Crippen molar-refractivity contribution < 1.29 is 14.6 Å². The van der Waals surface area contributed by atoms with Crippen LogP contribution in [-0.2, 0) is 11.2 Å². The summed E-state index contributed by atoms with van der Waals surface area (Å²) in [5.74, 6) is 0.787. The molecule has 0 fully saturated rings. The first kappa shape index (κ1) is 17.5. The third kappa shape index (κ3) is 6.63. The van der Waals surface area contributed by atoms with Gasteiger partial charge in [-0.2, -0.15) is 0 Å². The molecule has 4 heteroatoms. The second kappa shape index (κ2) is 8.03. The lowest BCUT2D eigenvalue weighted by molar-refractivity contribution is -0.120. The Hall–Kier alpha value is -1.55. The fraction of sp³-hybridized carbons (Fsp3) is 0.588. The largest absolute Gasteiger partial charge is 0.494 e. The zero-order valence-corrected chi connectivity index (χ0v) is 13.5. The Morgan fingerprint density at radius 3 is 2.43 bits per heavy atom. The van der Waals surface area contributed by atoms with E-state index in [1.807, 2.05) is 52.0 Å². The van der Waals surface area contributed by atoms with Crippen LogP contribution in [-0.4, -0.2) is 30.3 Å². The summed E-state index contributed by atoms with van der Waals surface area (Å²) in [4.78, 5) is 11.8. The minimum Gasteiger partial charge on any atom is -0.494 e. The molecule has 21 heavy (non-hydrogen) atoms. The summed E-state index contributed by atoms with van der Waals surface area (Å²) in [5.41, 5.74) is 0.798. The van der Waals surface area contributed by atoms with Crippen LogP contribution < -0.4 is 10.1 Å². The van der Waals surface area contributed by atoms with Crippen molar-refractivity contribution in [2.24, 2.45) is 5.41 Å². The number of hydrogen-bond acceptors (Lipinski definition) is 3. The Bertz CT molecular complexity index is 434. The quantitative estimate of drug-likeness (QED) is 0.812. The molecular formula is C17H27NO3. The highest BCUT2D eigenvalue weighted by atomic mass is 16.5. The predicted octanol–water partition coefficient (Wildman–Crippen LogP) is 2.54. The predicted molar refractivity (Wildman–Crippen MR) is 84.4 cm³/mol. The molecular weight excluding hydrogens is 266 g/mol. The molecule has 0 aliphatic rings. The van der Waals surface area contributed by atoms with Crippen LogP contribution in [0, 0.1) is 5.41 Å². The zero-order chi connectivity index (χ0) is 15.9. The van der Waals surface area contributed by atoms with Crippen LogP contribution in [0.15, 0.2) is 24.3 Å². The standard InChI is InChI=1S/C17H27NO3/c1-5-21-14-8-6-13(7-9-14)12-16(20)18-11-10-15(19)17(2,3)4/h6-9,15,19H,5,10-12H2,1-4H3,(H,18,20). The second-order valence-corrected chi connectivity index (χ2v) is 6.27. The van der Waals surface area contributed by atoms with Crippen molar-refractivity contribution >= 4 is 5.91 Å². The van der Waals surface area contributed by atoms with Gasteiger partial charge in [-0.15, -0.1) is 0 Å². The number of aliphatic hydroxyl groups excluding tert-OH is 1. The van der Waals surface area contributed by atoms with Gasteiger partial charge in [0, 0.05) is 6.54 Å². The molecule has 4 nitrogen and oxygen atoms in total. The van der Waals surface area contributed by atoms with Crippen molar-refractivity contribution in [2.45, 2.75) is 46.6 Å². The number of nitrogens with one attached hydrogen (secondary N) is 1. The van der Waals surface area contributed by atoms with E-state index >= 15 is 0 Å². The smallest absolute Gasteiger partial charge is 0.224 e. The van der Waals surface area contributed by atoms with Crippen molar-refractivity contribution in [3.63, 3.8) is 0 Å². The molecule has 0 radical (unpaired) electrons. The minimum atomic E-state index is -0.414. The molecule has 1 aromatic carbocycles. The van der Waals surface area contributed by atoms with Gasteiger partial charge in [-0.25, -0.2) is 0 Å². The highest BCUT2D eigenvalue weighted by Gasteiger charge is 2.21. The van der Waals surface area contributed by atoms with Gasteiger partial charge < -0.3 is 15.2 Å². The number of hydrogen-bond donors (Lipinski definition) is 2. The molecule has 0 heterocycles. The average molecular weight is 293 g/mol. The first-order valence-corrected chi connectivity index (χ1v) is 7.49. The summed E-state index contributed by atoms with van der Waals surface area (Å²) in [7, 11) is 0. The number of ether oxygens (including phenoxy) is 1. The third-order valence-electron chi connectivity index (χ3n) is 3.34. The molecule has 1 amide bonds. The molecule has 0 aromatic heterocycles. The molecule has 1 unspecified atom stereocenters. The number of aliphatic hydroxyl groups is 1. The van der Waals surface area contributed by atoms with Gasteiger partial charge in [0.2, 0.25) is 5.91 Å². The van der Waals surface area contributed by atoms with Crippen LogP contribution in [0.5, 0.6) is 5.75 Å². The summed E-state index contributed by atoms with van der Waals surface area (Å²) in [6.45, 7) is 9.02. The average Bonchev–Trinajstić information content (AvgIpc) is 2.40. The number of carbonyl (C=O) groups excluding carboxylic acids is 1. The van der Waals surface area contributed by atoms with Crippen LogP contribution >= 0.6 is 0 Å². The molecule has 118 valence electrons. The van der Waals surface area contributed by atoms with E-state index in [2.05, 4.69) is 5.32 Å². The van der Waals surface area contributed by atoms with Crippen molar-refractivity contribution in [1.29, 1.82) is 0 Å². The Kier molecular flexibility index (Phi) is 6.69. The molecule has 0 spiro atoms. The van der Waals surface area contributed by atoms with Crippen molar-refractivity contribution in [3.05, 3.63) is 29.8 Å². The van der Waals surface area contributed by atoms with Gasteiger partial charge in [0.1, 0.15) is 5.75 Å². The normalized spacial score (nSPS) is 12.8. The van der Waals surface area contributed by atoms with Crippen LogP contribution in [0.25, 0.3) is 0 Å². The second-order valence-electron chi connectivity index (χ2n) is 6.27. The van der Waals surface area contributed by atoms with Gasteiger partial charge in [-0.1, -0.05) is 32.9 Å². The maximum atomic E-state index is 11.8. The summed E-state index contributed by atoms with van der Waals surface area (Å²) in [6.07, 6.45) is 0.500. The maximum Gasteiger partial charge on any atom is 0.224 e. The van der Waals surface area contributed by atoms with Gasteiger partial charge in [0.15, 0.2) is 0 Å². The van der Waals surface area contributed by atoms with E-state index in [4.69, 9.17) is 4.74 Å². The van der Waals surface area contributed by atoms with Crippen LogP contribution in [0.1, 0.15) is 39.7 Å². The van der Waals surface area contributed by atoms with Gasteiger partial charge >= 0.3 is 0 Å². The summed E-state index contributed by atoms with van der Waals surface area (Å²) < 4.78 is 5.36. The number of amides is 1. The molecule has 1 aromatic rings. The minimum absolute atomic E-state index is 0.0275. The van der Waals surface area contributed by atoms with Crippen LogP contribution in [0.4, 0.5) is 0 Å². The first-order valence-electron chi connectivity index (χ1n) is 7.49. The summed E-state index contributed by atoms with van der Waals surface area (Å²) in [5, 5.41) is 12.7. The lowest BCUT2D eigenvalue weighted by Gasteiger charge is -2.25. The van der Waals surface area contributed by atoms with Crippen LogP contribution in [0.3, 0.4) is 0 Å². The van der Waals surface area contributed by atoms with Gasteiger partial charge in [0.05, 0.1) is 19.1 Å². The first-order chi connectivity index (χ1) is 9.82. The maximum absolute atomic E-state index is 11.8. The molecule has 0 aliphatic heterocycles. The lowest BCUT2D eigenvalue weighted by atomic mass is 9.87. The van der Waals surface area contributed by atoms with E-state index in [1.165, 1.54) is 0 Å². The van der Waals surface area contributed by atoms with Crippen molar-refractivity contribution in [1.82, 2.24) is 5.32 Å². The summed E-state index contributed by atoms with van der Waals surface area (Å²) >= 11 is 0. The highest BCUT2D eigenvalue weighted by Crippen LogP contribution is 2.20. The van der Waals surface area contributed by atoms with E-state index in [0.29, 0.717) is 26.0 Å². The summed E-state index contributed by atoms with van der Waals surface area (Å²) in [6, 6.07) is 7.54. The Labute approximate surface area is 127 Å². The molecule has 0 aliphatic carbocycles. The molecule has 0 saturated carbocycles. The Balaban J connectivity index is 2.33. The number of benzene rings is 1. The third-order valence-corrected chi connectivity index (χ3v) is 3.34. The number of rotatable bonds is 7. The van der Waals surface area contributed by atoms with Gasteiger partial charge in [0.25, 0.3) is 0 Å². The lowest BCUT2D eigenvalue weighted by Crippen LogP contribution is -2.33. The van der Waals surface area contributed by atoms with Crippen molar-refractivity contribution in [2.75, 3.05) is 13.2 Å². The van der Waals surface area contributed by atoms with E-state index < -0.39 is 6.10 Å². The molecule has 1 atom stereocenters. The molecule has 0 bridgehead atoms. The fourth-order valence-electron chi connectivity index (χ4n) is 1.90. The van der Waals surface area contributed by atoms with E-state index in [-0.39, 0.29) is 11.3 Å². The Morgan fingerprint density at radius 2 is 1.90 bits per heavy atom. The monoisotopic (exact) mass is 293 g/mol. The zero-order valence-electron chi connectivity index (χ0n) is 13.5. The SMILES string of the molecule is CCOc1ccc(CC(=O)NCCC(O)C(C)(C)C)cc1. The van der Waals surface area contributed by atoms with Gasteiger partial charge in [-0.3, -0.25) is 4.79 Å². The van der Waals surface area contributed by atoms with E-state index in [9.17, 15) is 9.90 Å². The molecule has 0 saturated heterocycles. The van der Waals surface area contributed by atoms with E-state index in [1.54, 1.807) is 0 Å². The molecule has 2 N–H and O–H groups in total. The van der Waals surface area contributed by atoms with Crippen molar-refractivity contribution in [3.8, 4) is 5.75 Å². The van der Waals surface area contributed by atoms with Crippen LogP contribution in [0.2, 0.25) is 0 Å². The fourth-order valence-corrected chi connectivity index (χ4v) is 1.90. The van der Waals surface area contributed by atoms with E-state index in [0.717, 1.165) is 11.3 Å². The Morgan fingerprint density at radius 1 is 1.29 bits per heavy atom. The highest BCUT2D eigenvalue weighted by molar-refractivity contribution is 5.78. The number of carbonyl (C=O) groups is 1.